The van der Waals surface area contributed by atoms with Crippen molar-refractivity contribution in [1.29, 1.82) is 0 Å². The van der Waals surface area contributed by atoms with Crippen LogP contribution < -0.4 is 0 Å². The smallest absolute Gasteiger partial charge is 0.0644 e. The van der Waals surface area contributed by atoms with Crippen LogP contribution in [0.2, 0.25) is 0 Å². The standard InChI is InChI=1S/C51H82O/c1-2-11-33(12-3-1)46-22-23-47(51-50(46)48-30-35-14-6-7-15-36(35)31-49(48)52-51)43-28-40(37-19-18-32-10-4-5-13-34(32)24-37)27-41(29-43)38-20-21-45-42(25-38)26-39-16-8-9-17-44(39)45/h32-51H,1-31H2. The Hall–Kier alpha value is -0.0400. The number of hydrogen-bond donors (Lipinski definition) is 0. The van der Waals surface area contributed by atoms with E-state index in [1.807, 2.05) is 0 Å². The molecule has 11 aliphatic rings. The van der Waals surface area contributed by atoms with E-state index in [1.54, 1.807) is 154 Å². The molecule has 1 saturated heterocycles. The summed E-state index contributed by atoms with van der Waals surface area (Å²) < 4.78 is 7.75. The maximum absolute atomic E-state index is 7.75. The SMILES string of the molecule is C1CCC(C2CCC(C3CC(C4CCC5CCCCC5C4)CC(C4CCC5C(C4)CC4CCCCC45)C3)C3OC4CC5CCCCC5CC4C23)CC1. The molecule has 52 heavy (non-hydrogen) atoms. The summed E-state index contributed by atoms with van der Waals surface area (Å²) in [5.74, 6) is 18.8. The predicted octanol–water partition coefficient (Wildman–Crippen LogP) is 14.1. The normalized spacial score (nSPS) is 55.3. The molecule has 1 heteroatoms. The van der Waals surface area contributed by atoms with Gasteiger partial charge in [-0.15, -0.1) is 0 Å². The van der Waals surface area contributed by atoms with Gasteiger partial charge in [-0.05, 0) is 203 Å². The van der Waals surface area contributed by atoms with Gasteiger partial charge in [-0.1, -0.05) is 103 Å². The molecule has 0 radical (unpaired) electrons. The second kappa shape index (κ2) is 15.0. The zero-order chi connectivity index (χ0) is 34.2. The summed E-state index contributed by atoms with van der Waals surface area (Å²) in [5, 5.41) is 0. The molecule has 1 aliphatic heterocycles. The van der Waals surface area contributed by atoms with Crippen molar-refractivity contribution in [3.63, 3.8) is 0 Å². The van der Waals surface area contributed by atoms with Crippen molar-refractivity contribution in [3.8, 4) is 0 Å². The van der Waals surface area contributed by atoms with Gasteiger partial charge in [-0.25, -0.2) is 0 Å². The molecule has 0 aromatic carbocycles. The molecular weight excluding hydrogens is 629 g/mol. The van der Waals surface area contributed by atoms with E-state index in [4.69, 9.17) is 4.74 Å². The van der Waals surface area contributed by atoms with E-state index in [1.165, 1.54) is 44.9 Å². The fraction of sp³-hybridized carbons (Fsp3) is 1.00. The molecular formula is C51H82O. The summed E-state index contributed by atoms with van der Waals surface area (Å²) in [6.45, 7) is 0. The summed E-state index contributed by atoms with van der Waals surface area (Å²) in [4.78, 5) is 0. The van der Waals surface area contributed by atoms with Crippen molar-refractivity contribution in [1.82, 2.24) is 0 Å². The lowest BCUT2D eigenvalue weighted by Gasteiger charge is -2.52. The average molecular weight is 711 g/mol. The molecule has 10 saturated carbocycles. The molecule has 0 aromatic rings. The lowest BCUT2D eigenvalue weighted by molar-refractivity contribution is -0.0858. The topological polar surface area (TPSA) is 9.23 Å². The van der Waals surface area contributed by atoms with Crippen LogP contribution in [-0.4, -0.2) is 12.2 Å². The summed E-state index contributed by atoms with van der Waals surface area (Å²) in [6.07, 6.45) is 50.1. The first-order chi connectivity index (χ1) is 25.7. The number of rotatable bonds is 4. The number of hydrogen-bond acceptors (Lipinski definition) is 1. The van der Waals surface area contributed by atoms with Gasteiger partial charge in [0.2, 0.25) is 0 Å². The Morgan fingerprint density at radius 1 is 0.231 bits per heavy atom. The zero-order valence-corrected chi connectivity index (χ0v) is 33.9. The summed E-state index contributed by atoms with van der Waals surface area (Å²) in [7, 11) is 0. The Labute approximate surface area is 321 Å². The van der Waals surface area contributed by atoms with E-state index in [0.717, 1.165) is 107 Å². The first-order valence-corrected chi connectivity index (χ1v) is 25.4. The van der Waals surface area contributed by atoms with Crippen LogP contribution in [0.1, 0.15) is 199 Å². The third-order valence-electron chi connectivity index (χ3n) is 21.4. The van der Waals surface area contributed by atoms with E-state index < -0.39 is 0 Å². The van der Waals surface area contributed by atoms with E-state index in [2.05, 4.69) is 0 Å². The molecule has 0 N–H and O–H groups in total. The van der Waals surface area contributed by atoms with E-state index in [0.29, 0.717) is 12.2 Å². The summed E-state index contributed by atoms with van der Waals surface area (Å²) in [6, 6.07) is 0. The van der Waals surface area contributed by atoms with Crippen LogP contribution in [0.5, 0.6) is 0 Å². The first-order valence-electron chi connectivity index (χ1n) is 25.4. The van der Waals surface area contributed by atoms with Gasteiger partial charge in [0.1, 0.15) is 0 Å². The van der Waals surface area contributed by atoms with Crippen LogP contribution in [0.15, 0.2) is 0 Å². The van der Waals surface area contributed by atoms with Crippen molar-refractivity contribution in [3.05, 3.63) is 0 Å². The second-order valence-corrected chi connectivity index (χ2v) is 23.3. The second-order valence-electron chi connectivity index (χ2n) is 23.3. The van der Waals surface area contributed by atoms with Crippen LogP contribution in [-0.2, 0) is 4.74 Å². The Morgan fingerprint density at radius 2 is 0.673 bits per heavy atom. The predicted molar refractivity (Wildman–Crippen MR) is 215 cm³/mol. The summed E-state index contributed by atoms with van der Waals surface area (Å²) >= 11 is 0. The molecule has 11 fully saturated rings. The van der Waals surface area contributed by atoms with Crippen LogP contribution >= 0.6 is 0 Å². The van der Waals surface area contributed by atoms with Crippen molar-refractivity contribution in [2.24, 2.45) is 107 Å². The minimum Gasteiger partial charge on any atom is -0.374 e. The summed E-state index contributed by atoms with van der Waals surface area (Å²) in [5.41, 5.74) is 0. The van der Waals surface area contributed by atoms with E-state index in [9.17, 15) is 0 Å². The lowest BCUT2D eigenvalue weighted by atomic mass is 9.53. The van der Waals surface area contributed by atoms with E-state index in [-0.39, 0.29) is 0 Å². The Morgan fingerprint density at radius 3 is 1.46 bits per heavy atom. The first kappa shape index (κ1) is 35.1. The zero-order valence-electron chi connectivity index (χ0n) is 33.9. The van der Waals surface area contributed by atoms with Gasteiger partial charge in [-0.2, -0.15) is 0 Å². The molecule has 1 heterocycles. The van der Waals surface area contributed by atoms with Crippen LogP contribution in [0.25, 0.3) is 0 Å². The van der Waals surface area contributed by atoms with Gasteiger partial charge in [0.05, 0.1) is 12.2 Å². The Bertz CT molecular complexity index is 1200. The van der Waals surface area contributed by atoms with Gasteiger partial charge in [0, 0.05) is 0 Å². The average Bonchev–Trinajstić information content (AvgIpc) is 3.77. The monoisotopic (exact) mass is 711 g/mol. The molecule has 0 spiro atoms. The van der Waals surface area contributed by atoms with Gasteiger partial charge in [0.15, 0.2) is 0 Å². The molecule has 0 bridgehead atoms. The maximum atomic E-state index is 7.75. The minimum absolute atomic E-state index is 0.638. The number of ether oxygens (including phenoxy) is 1. The fourth-order valence-electron chi connectivity index (χ4n) is 19.3. The largest absolute Gasteiger partial charge is 0.374 e. The molecule has 0 amide bonds. The minimum atomic E-state index is 0.638. The molecule has 292 valence electrons. The molecule has 19 unspecified atom stereocenters. The lowest BCUT2D eigenvalue weighted by Crippen LogP contribution is -2.47. The van der Waals surface area contributed by atoms with Crippen molar-refractivity contribution < 1.29 is 4.74 Å². The van der Waals surface area contributed by atoms with Gasteiger partial charge >= 0.3 is 0 Å². The molecule has 1 nitrogen and oxygen atoms in total. The maximum Gasteiger partial charge on any atom is 0.0644 e. The number of fused-ring (bicyclic) bond motifs is 8. The van der Waals surface area contributed by atoms with Crippen molar-refractivity contribution in [2.75, 3.05) is 0 Å². The van der Waals surface area contributed by atoms with Crippen LogP contribution in [0, 0.1) is 107 Å². The fourth-order valence-corrected chi connectivity index (χ4v) is 19.3. The quantitative estimate of drug-likeness (QED) is 0.282. The molecule has 0 aromatic heterocycles. The highest BCUT2D eigenvalue weighted by Crippen LogP contribution is 2.63. The molecule has 10 aliphatic carbocycles. The van der Waals surface area contributed by atoms with Gasteiger partial charge < -0.3 is 4.74 Å². The van der Waals surface area contributed by atoms with Crippen molar-refractivity contribution >= 4 is 0 Å². The highest BCUT2D eigenvalue weighted by atomic mass is 16.5. The van der Waals surface area contributed by atoms with Gasteiger partial charge in [-0.3, -0.25) is 0 Å². The highest BCUT2D eigenvalue weighted by Gasteiger charge is 2.59. The van der Waals surface area contributed by atoms with E-state index >= 15 is 0 Å². The third kappa shape index (κ3) is 6.48. The molecule has 19 atom stereocenters. The van der Waals surface area contributed by atoms with Crippen LogP contribution in [0.4, 0.5) is 0 Å². The third-order valence-corrected chi connectivity index (χ3v) is 21.4. The highest BCUT2D eigenvalue weighted by molar-refractivity contribution is 5.07. The van der Waals surface area contributed by atoms with Gasteiger partial charge in [0.25, 0.3) is 0 Å². The Balaban J connectivity index is 0.866. The van der Waals surface area contributed by atoms with Crippen LogP contribution in [0.3, 0.4) is 0 Å². The molecule has 11 rings (SSSR count). The van der Waals surface area contributed by atoms with Crippen molar-refractivity contribution in [2.45, 2.75) is 211 Å². The Kier molecular flexibility index (Phi) is 10.2.